The van der Waals surface area contributed by atoms with E-state index >= 15 is 0 Å². The van der Waals surface area contributed by atoms with E-state index in [-0.39, 0.29) is 59.9 Å². The molecule has 0 saturated carbocycles. The van der Waals surface area contributed by atoms with Gasteiger partial charge in [0.05, 0.1) is 6.04 Å². The summed E-state index contributed by atoms with van der Waals surface area (Å²) in [4.78, 5) is 47.0. The Morgan fingerprint density at radius 3 is 2.61 bits per heavy atom. The number of carbonyl (C=O) groups excluding carboxylic acids is 3. The third-order valence-corrected chi connectivity index (χ3v) is 11.1. The Morgan fingerprint density at radius 1 is 1.02 bits per heavy atom. The number of aryl methyl sites for hydroxylation is 1. The lowest BCUT2D eigenvalue weighted by Crippen LogP contribution is -2.42. The van der Waals surface area contributed by atoms with Crippen LogP contribution < -0.4 is 20.7 Å². The highest BCUT2D eigenvalue weighted by molar-refractivity contribution is 5.95. The van der Waals surface area contributed by atoms with Gasteiger partial charge in [0.1, 0.15) is 23.3 Å². The van der Waals surface area contributed by atoms with Crippen molar-refractivity contribution < 1.29 is 28.6 Å². The topological polar surface area (TPSA) is 143 Å². The quantitative estimate of drug-likeness (QED) is 0.187. The number of Topliss-reactive ketones (excluding diaryl/α,β-unsaturated/α-hetero) is 1. The van der Waals surface area contributed by atoms with E-state index in [1.54, 1.807) is 13.8 Å². The third-order valence-electron chi connectivity index (χ3n) is 11.1. The molecule has 0 radical (unpaired) electrons. The third kappa shape index (κ3) is 5.42. The summed E-state index contributed by atoms with van der Waals surface area (Å²) in [7, 11) is 0. The molecule has 4 bridgehead atoms. The number of benzene rings is 3. The van der Waals surface area contributed by atoms with E-state index in [2.05, 4.69) is 28.1 Å². The van der Waals surface area contributed by atoms with Crippen LogP contribution in [0, 0.1) is 17.8 Å². The van der Waals surface area contributed by atoms with Crippen molar-refractivity contribution in [3.8, 4) is 5.75 Å². The lowest BCUT2D eigenvalue weighted by Gasteiger charge is -2.29. The smallest absolute Gasteiger partial charge is 0.274 e. The molecule has 10 nitrogen and oxygen atoms in total. The fraction of sp³-hybridized carbons (Fsp3) is 0.415. The maximum Gasteiger partial charge on any atom is 0.274 e. The van der Waals surface area contributed by atoms with E-state index in [0.717, 1.165) is 47.2 Å². The fourth-order valence-electron chi connectivity index (χ4n) is 8.44. The Hall–Kier alpha value is -4.96. The monoisotopic (exact) mass is 688 g/mol. The number of carbonyl (C=O) groups is 3. The summed E-state index contributed by atoms with van der Waals surface area (Å²) >= 11 is 0. The first kappa shape index (κ1) is 33.2. The van der Waals surface area contributed by atoms with Crippen LogP contribution in [-0.2, 0) is 27.8 Å². The number of rotatable bonds is 7. The second-order valence-electron chi connectivity index (χ2n) is 15.2. The number of ether oxygens (including phenoxy) is 1. The maximum atomic E-state index is 14.7. The number of amides is 2. The number of aliphatic hydroxyl groups is 1. The van der Waals surface area contributed by atoms with Gasteiger partial charge in [-0.1, -0.05) is 82.3 Å². The minimum atomic E-state index is -1.18. The molecular formula is C41H44N4O6. The fourth-order valence-corrected chi connectivity index (χ4v) is 8.44. The number of hydrogen-bond donors (Lipinski definition) is 4. The SMILES string of the molecule is CC(C)[C@H](O)C(=O)CC1Cc2ccc3c(c2)C2(c4ccccc4N[C@H]2O3)c2oc(nc2C(=O)N[C@@H]2CCCc3ccccc32)[C@H](C(C)C)NC1=O. The number of nitrogens with zero attached hydrogens (tertiary/aromatic N) is 1. The summed E-state index contributed by atoms with van der Waals surface area (Å²) in [5.41, 5.74) is 4.74. The second kappa shape index (κ2) is 12.7. The number of oxazole rings is 1. The van der Waals surface area contributed by atoms with Gasteiger partial charge in [-0.15, -0.1) is 0 Å². The van der Waals surface area contributed by atoms with Crippen LogP contribution in [0.2, 0.25) is 0 Å². The van der Waals surface area contributed by atoms with E-state index < -0.39 is 29.7 Å². The summed E-state index contributed by atoms with van der Waals surface area (Å²) in [5, 5.41) is 20.6. The van der Waals surface area contributed by atoms with Crippen LogP contribution in [0.15, 0.2) is 71.1 Å². The average molecular weight is 689 g/mol. The molecule has 4 heterocycles. The van der Waals surface area contributed by atoms with Crippen molar-refractivity contribution in [2.75, 3.05) is 5.32 Å². The van der Waals surface area contributed by atoms with Gasteiger partial charge in [-0.2, -0.15) is 0 Å². The molecule has 8 rings (SSSR count). The van der Waals surface area contributed by atoms with Crippen molar-refractivity contribution in [2.24, 2.45) is 17.8 Å². The van der Waals surface area contributed by atoms with Gasteiger partial charge in [0.15, 0.2) is 23.5 Å². The zero-order valence-electron chi connectivity index (χ0n) is 29.4. The van der Waals surface area contributed by atoms with E-state index in [1.807, 2.05) is 68.4 Å². The number of fused-ring (bicyclic) bond motifs is 5. The second-order valence-corrected chi connectivity index (χ2v) is 15.2. The summed E-state index contributed by atoms with van der Waals surface area (Å²) in [6, 6.07) is 21.0. The number of aliphatic hydroxyl groups excluding tert-OH is 1. The van der Waals surface area contributed by atoms with Gasteiger partial charge >= 0.3 is 0 Å². The van der Waals surface area contributed by atoms with E-state index in [0.29, 0.717) is 11.5 Å². The van der Waals surface area contributed by atoms with Gasteiger partial charge in [0, 0.05) is 23.6 Å². The molecule has 1 aromatic heterocycles. The van der Waals surface area contributed by atoms with Crippen LogP contribution in [0.25, 0.3) is 0 Å². The number of ketones is 1. The van der Waals surface area contributed by atoms with Gasteiger partial charge in [0.25, 0.3) is 5.91 Å². The lowest BCUT2D eigenvalue weighted by molar-refractivity contribution is -0.135. The molecule has 4 aliphatic rings. The van der Waals surface area contributed by atoms with Crippen molar-refractivity contribution in [2.45, 2.75) is 89.6 Å². The normalized spacial score (nSPS) is 25.0. The molecular weight excluding hydrogens is 644 g/mol. The lowest BCUT2D eigenvalue weighted by atomic mass is 9.72. The Morgan fingerprint density at radius 2 is 1.80 bits per heavy atom. The molecule has 2 amide bonds. The zero-order valence-corrected chi connectivity index (χ0v) is 29.4. The zero-order chi connectivity index (χ0) is 35.6. The Labute approximate surface area is 297 Å². The first-order valence-corrected chi connectivity index (χ1v) is 18.1. The summed E-state index contributed by atoms with van der Waals surface area (Å²) in [5.74, 6) is -1.14. The minimum Gasteiger partial charge on any atom is -0.469 e. The molecule has 51 heavy (non-hydrogen) atoms. The van der Waals surface area contributed by atoms with Crippen LogP contribution in [-0.4, -0.2) is 40.0 Å². The molecule has 264 valence electrons. The van der Waals surface area contributed by atoms with E-state index in [9.17, 15) is 19.5 Å². The van der Waals surface area contributed by atoms with Gasteiger partial charge in [-0.05, 0) is 71.9 Å². The van der Waals surface area contributed by atoms with Gasteiger partial charge in [-0.3, -0.25) is 14.4 Å². The summed E-state index contributed by atoms with van der Waals surface area (Å²) in [6.07, 6.45) is 1.02. The number of nitrogens with one attached hydrogen (secondary N) is 3. The predicted molar refractivity (Wildman–Crippen MR) is 190 cm³/mol. The standard InChI is InChI=1S/C41H44N4O6/c1-21(2)33-39-45-34(38(49)42-29-15-9-11-24-10-5-6-12-26(24)29)36(51-39)41-27-13-7-8-14-30(27)43-40(41)50-32-17-16-23(19-28(32)41)18-25(37(48)44-33)20-31(46)35(47)22(3)4/h5-8,10,12-14,16-17,19,21-22,25,29,33,35,40,43,47H,9,11,15,18,20H2,1-4H3,(H,42,49)(H,44,48)/t25?,29-,33+,35+,40+,41?/m1/s1. The highest BCUT2D eigenvalue weighted by Gasteiger charge is 2.61. The number of hydrogen-bond acceptors (Lipinski definition) is 8. The van der Waals surface area contributed by atoms with Crippen molar-refractivity contribution in [1.29, 1.82) is 0 Å². The molecule has 10 heteroatoms. The molecule has 0 fully saturated rings. The molecule has 4 aromatic rings. The molecule has 0 saturated heterocycles. The van der Waals surface area contributed by atoms with Crippen LogP contribution in [0.4, 0.5) is 5.69 Å². The van der Waals surface area contributed by atoms with Crippen molar-refractivity contribution in [1.82, 2.24) is 15.6 Å². The molecule has 3 aliphatic heterocycles. The van der Waals surface area contributed by atoms with E-state index in [4.69, 9.17) is 14.1 Å². The van der Waals surface area contributed by atoms with E-state index in [1.165, 1.54) is 5.56 Å². The van der Waals surface area contributed by atoms with Crippen LogP contribution in [0.5, 0.6) is 5.75 Å². The highest BCUT2D eigenvalue weighted by atomic mass is 16.5. The summed E-state index contributed by atoms with van der Waals surface area (Å²) in [6.45, 7) is 7.47. The van der Waals surface area contributed by atoms with Gasteiger partial charge in [0.2, 0.25) is 11.8 Å². The van der Waals surface area contributed by atoms with Crippen molar-refractivity contribution in [3.63, 3.8) is 0 Å². The first-order chi connectivity index (χ1) is 24.6. The molecule has 1 aliphatic carbocycles. The van der Waals surface area contributed by atoms with Crippen molar-refractivity contribution in [3.05, 3.63) is 112 Å². The van der Waals surface area contributed by atoms with Crippen molar-refractivity contribution >= 4 is 23.3 Å². The Kier molecular flexibility index (Phi) is 8.25. The molecule has 1 spiro atoms. The Bertz CT molecular complexity index is 2040. The maximum absolute atomic E-state index is 14.7. The molecule has 2 unspecified atom stereocenters. The minimum absolute atomic E-state index is 0.130. The van der Waals surface area contributed by atoms with Gasteiger partial charge < -0.3 is 30.2 Å². The van der Waals surface area contributed by atoms with Crippen LogP contribution in [0.3, 0.4) is 0 Å². The van der Waals surface area contributed by atoms with Crippen LogP contribution >= 0.6 is 0 Å². The summed E-state index contributed by atoms with van der Waals surface area (Å²) < 4.78 is 13.5. The molecule has 4 N–H and O–H groups in total. The predicted octanol–water partition coefficient (Wildman–Crippen LogP) is 5.92. The first-order valence-electron chi connectivity index (χ1n) is 18.1. The average Bonchev–Trinajstić information content (AvgIpc) is 3.79. The largest absolute Gasteiger partial charge is 0.469 e. The van der Waals surface area contributed by atoms with Gasteiger partial charge in [-0.25, -0.2) is 4.98 Å². The number of anilines is 1. The molecule has 6 atom stereocenters. The van der Waals surface area contributed by atoms with Crippen LogP contribution in [0.1, 0.15) is 109 Å². The molecule has 3 aromatic carbocycles. The highest BCUT2D eigenvalue weighted by Crippen LogP contribution is 2.58. The number of para-hydroxylation sites is 1. The Balaban J connectivity index is 1.31. The number of aromatic nitrogens is 1.